The Balaban J connectivity index is 1.99. The van der Waals surface area contributed by atoms with Crippen molar-refractivity contribution in [2.45, 2.75) is 64.1 Å². The number of likely N-dealkylation sites (tertiary alicyclic amines) is 1. The monoisotopic (exact) mass is 539 g/mol. The molecule has 1 saturated heterocycles. The average molecular weight is 540 g/mol. The van der Waals surface area contributed by atoms with Gasteiger partial charge in [-0.25, -0.2) is 4.79 Å². The van der Waals surface area contributed by atoms with E-state index in [-0.39, 0.29) is 47.6 Å². The van der Waals surface area contributed by atoms with Crippen LogP contribution in [0.25, 0.3) is 0 Å². The second-order valence-electron chi connectivity index (χ2n) is 10.1. The van der Waals surface area contributed by atoms with Crippen molar-refractivity contribution in [3.05, 3.63) is 22.7 Å². The number of carboxylic acid groups (broad SMARTS) is 1. The molecule has 1 aromatic rings. The number of unbranched alkanes of at least 4 members (excludes halogenated alkanes) is 1. The summed E-state index contributed by atoms with van der Waals surface area (Å²) in [5.74, 6) is -0.166. The van der Waals surface area contributed by atoms with Crippen LogP contribution in [0.2, 0.25) is 5.02 Å². The molecule has 1 unspecified atom stereocenters. The Bertz CT molecular complexity index is 1000. The van der Waals surface area contributed by atoms with Gasteiger partial charge in [-0.2, -0.15) is 0 Å². The first-order valence-electron chi connectivity index (χ1n) is 12.7. The van der Waals surface area contributed by atoms with E-state index < -0.39 is 11.7 Å². The third-order valence-corrected chi connectivity index (χ3v) is 7.17. The van der Waals surface area contributed by atoms with E-state index in [1.807, 2.05) is 13.8 Å². The van der Waals surface area contributed by atoms with Gasteiger partial charge in [0.05, 0.1) is 28.9 Å². The number of hydrogen-bond donors (Lipinski definition) is 1. The van der Waals surface area contributed by atoms with Crippen LogP contribution in [-0.4, -0.2) is 97.6 Å². The number of ether oxygens (including phenoxy) is 3. The van der Waals surface area contributed by atoms with Gasteiger partial charge in [0.25, 0.3) is 11.8 Å². The third-order valence-electron chi connectivity index (χ3n) is 6.85. The molecule has 2 heterocycles. The number of rotatable bonds is 10. The van der Waals surface area contributed by atoms with Crippen molar-refractivity contribution < 1.29 is 33.7 Å². The van der Waals surface area contributed by atoms with E-state index in [0.29, 0.717) is 50.4 Å². The van der Waals surface area contributed by atoms with Gasteiger partial charge in [0.2, 0.25) is 5.60 Å². The van der Waals surface area contributed by atoms with Gasteiger partial charge in [0.1, 0.15) is 5.75 Å². The van der Waals surface area contributed by atoms with Crippen LogP contribution in [0.1, 0.15) is 56.8 Å². The summed E-state index contributed by atoms with van der Waals surface area (Å²) in [7, 11) is 3.14. The van der Waals surface area contributed by atoms with Crippen LogP contribution in [0, 0.1) is 0 Å². The van der Waals surface area contributed by atoms with E-state index in [2.05, 4.69) is 0 Å². The van der Waals surface area contributed by atoms with Crippen molar-refractivity contribution in [1.29, 1.82) is 0 Å². The standard InChI is InChI=1S/C26H38ClN3O7/c1-17(2)30(18-9-8-10-28(15-18)25(33)34)23(31)19-13-21-22(14-20(19)27)37-26(3,16-36-5)24(32)29(21)11-6-7-12-35-4/h13-14,17-18H,6-12,15-16H2,1-5H3,(H,33,34)/t18-,26?/m1/s1. The van der Waals surface area contributed by atoms with Gasteiger partial charge in [-0.15, -0.1) is 0 Å². The second kappa shape index (κ2) is 12.3. The van der Waals surface area contributed by atoms with Crippen molar-refractivity contribution in [3.63, 3.8) is 0 Å². The molecule has 1 N–H and O–H groups in total. The van der Waals surface area contributed by atoms with Gasteiger partial charge in [0, 0.05) is 52.6 Å². The maximum absolute atomic E-state index is 13.9. The Hall–Kier alpha value is -2.56. The molecule has 1 aromatic carbocycles. The highest BCUT2D eigenvalue weighted by molar-refractivity contribution is 6.34. The van der Waals surface area contributed by atoms with E-state index in [9.17, 15) is 19.5 Å². The molecule has 1 fully saturated rings. The molecule has 0 aromatic heterocycles. The van der Waals surface area contributed by atoms with Crippen molar-refractivity contribution >= 4 is 35.2 Å². The molecule has 0 bridgehead atoms. The summed E-state index contributed by atoms with van der Waals surface area (Å²) in [6.45, 7) is 7.20. The Morgan fingerprint density at radius 2 is 2.00 bits per heavy atom. The fourth-order valence-corrected chi connectivity index (χ4v) is 5.34. The molecule has 11 heteroatoms. The molecule has 0 radical (unpaired) electrons. The summed E-state index contributed by atoms with van der Waals surface area (Å²) in [6, 6.07) is 2.73. The number of hydrogen-bond acceptors (Lipinski definition) is 6. The molecule has 206 valence electrons. The summed E-state index contributed by atoms with van der Waals surface area (Å²) < 4.78 is 16.5. The van der Waals surface area contributed by atoms with E-state index in [1.165, 1.54) is 12.0 Å². The highest BCUT2D eigenvalue weighted by Crippen LogP contribution is 2.42. The first kappa shape index (κ1) is 29.0. The minimum absolute atomic E-state index is 0.0566. The molecule has 2 aliphatic rings. The number of fused-ring (bicyclic) bond motifs is 1. The molecule has 37 heavy (non-hydrogen) atoms. The van der Waals surface area contributed by atoms with Gasteiger partial charge >= 0.3 is 6.09 Å². The zero-order chi connectivity index (χ0) is 27.3. The van der Waals surface area contributed by atoms with Crippen LogP contribution in [0.15, 0.2) is 12.1 Å². The van der Waals surface area contributed by atoms with Crippen molar-refractivity contribution in [2.75, 3.05) is 52.0 Å². The van der Waals surface area contributed by atoms with E-state index >= 15 is 0 Å². The van der Waals surface area contributed by atoms with E-state index in [4.69, 9.17) is 25.8 Å². The largest absolute Gasteiger partial charge is 0.473 e. The summed E-state index contributed by atoms with van der Waals surface area (Å²) in [5, 5.41) is 9.68. The predicted octanol–water partition coefficient (Wildman–Crippen LogP) is 3.89. The van der Waals surface area contributed by atoms with Crippen molar-refractivity contribution in [2.24, 2.45) is 0 Å². The molecule has 2 atom stereocenters. The molecule has 0 spiro atoms. The van der Waals surface area contributed by atoms with Crippen LogP contribution in [-0.2, 0) is 14.3 Å². The van der Waals surface area contributed by atoms with Crippen molar-refractivity contribution in [3.8, 4) is 5.75 Å². The molecule has 3 amide bonds. The number of halogens is 1. The molecule has 10 nitrogen and oxygen atoms in total. The van der Waals surface area contributed by atoms with Gasteiger partial charge in [-0.1, -0.05) is 11.6 Å². The van der Waals surface area contributed by atoms with Crippen molar-refractivity contribution in [1.82, 2.24) is 9.80 Å². The highest BCUT2D eigenvalue weighted by Gasteiger charge is 2.45. The zero-order valence-electron chi connectivity index (χ0n) is 22.3. The fourth-order valence-electron chi connectivity index (χ4n) is 5.10. The first-order valence-corrected chi connectivity index (χ1v) is 13.0. The lowest BCUT2D eigenvalue weighted by atomic mass is 9.99. The normalized spacial score (nSPS) is 21.6. The van der Waals surface area contributed by atoms with Gasteiger partial charge < -0.3 is 34.0 Å². The lowest BCUT2D eigenvalue weighted by Gasteiger charge is -2.42. The summed E-state index contributed by atoms with van der Waals surface area (Å²) >= 11 is 6.64. The number of piperidine rings is 1. The number of carbonyl (C=O) groups is 3. The third kappa shape index (κ3) is 6.30. The Morgan fingerprint density at radius 1 is 1.27 bits per heavy atom. The van der Waals surface area contributed by atoms with Gasteiger partial charge in [-0.3, -0.25) is 9.59 Å². The molecular formula is C26H38ClN3O7. The summed E-state index contributed by atoms with van der Waals surface area (Å²) in [5.41, 5.74) is -0.511. The number of amides is 3. The zero-order valence-corrected chi connectivity index (χ0v) is 23.0. The molecule has 2 aliphatic heterocycles. The first-order chi connectivity index (χ1) is 17.5. The number of benzene rings is 1. The number of anilines is 1. The van der Waals surface area contributed by atoms with E-state index in [0.717, 1.165) is 6.42 Å². The van der Waals surface area contributed by atoms with Crippen LogP contribution >= 0.6 is 11.6 Å². The predicted molar refractivity (Wildman–Crippen MR) is 140 cm³/mol. The van der Waals surface area contributed by atoms with Crippen LogP contribution in [0.5, 0.6) is 5.75 Å². The van der Waals surface area contributed by atoms with Crippen LogP contribution in [0.3, 0.4) is 0 Å². The fraction of sp³-hybridized carbons (Fsp3) is 0.654. The van der Waals surface area contributed by atoms with E-state index in [1.54, 1.807) is 36.0 Å². The maximum atomic E-state index is 13.9. The minimum Gasteiger partial charge on any atom is -0.473 e. The highest BCUT2D eigenvalue weighted by atomic mass is 35.5. The quantitative estimate of drug-likeness (QED) is 0.449. The molecular weight excluding hydrogens is 502 g/mol. The maximum Gasteiger partial charge on any atom is 0.407 e. The van der Waals surface area contributed by atoms with Gasteiger partial charge in [0.15, 0.2) is 0 Å². The topological polar surface area (TPSA) is 109 Å². The number of methoxy groups -OCH3 is 2. The SMILES string of the molecule is COCCCCN1C(=O)C(C)(COC)Oc2cc(Cl)c(C(=O)N(C(C)C)[C@@H]3CCCN(C(=O)O)C3)cc21. The smallest absolute Gasteiger partial charge is 0.407 e. The van der Waals surface area contributed by atoms with Gasteiger partial charge in [-0.05, 0) is 52.5 Å². The summed E-state index contributed by atoms with van der Waals surface area (Å²) in [6.07, 6.45) is 1.82. The lowest BCUT2D eigenvalue weighted by molar-refractivity contribution is -0.138. The molecule has 0 aliphatic carbocycles. The van der Waals surface area contributed by atoms with Crippen LogP contribution < -0.4 is 9.64 Å². The second-order valence-corrected chi connectivity index (χ2v) is 10.5. The Morgan fingerprint density at radius 3 is 2.62 bits per heavy atom. The molecule has 3 rings (SSSR count). The molecule has 0 saturated carbocycles. The Labute approximate surface area is 223 Å². The number of carbonyl (C=O) groups excluding carboxylic acids is 2. The average Bonchev–Trinajstić information content (AvgIpc) is 2.84. The minimum atomic E-state index is -1.23. The number of nitrogens with zero attached hydrogens (tertiary/aromatic N) is 3. The Kier molecular flexibility index (Phi) is 9.66. The lowest BCUT2D eigenvalue weighted by Crippen LogP contribution is -2.57. The van der Waals surface area contributed by atoms with Crippen LogP contribution in [0.4, 0.5) is 10.5 Å². The summed E-state index contributed by atoms with van der Waals surface area (Å²) in [4.78, 5) is 43.6.